The summed E-state index contributed by atoms with van der Waals surface area (Å²) in [6, 6.07) is 3.18. The fourth-order valence-electron chi connectivity index (χ4n) is 2.10. The van der Waals surface area contributed by atoms with E-state index in [1.165, 1.54) is 0 Å². The number of anilines is 1. The molecule has 0 spiro atoms. The number of aryl methyl sites for hydroxylation is 2. The molecule has 0 fully saturated rings. The maximum absolute atomic E-state index is 11.7. The van der Waals surface area contributed by atoms with E-state index >= 15 is 0 Å². The number of urea groups is 1. The molecule has 2 aromatic heterocycles. The maximum Gasteiger partial charge on any atom is 0.320 e. The van der Waals surface area contributed by atoms with Gasteiger partial charge in [-0.3, -0.25) is 14.8 Å². The number of hydrogen-bond acceptors (Lipinski definition) is 4. The minimum Gasteiger partial charge on any atom is -0.481 e. The van der Waals surface area contributed by atoms with E-state index < -0.39 is 12.0 Å². The molecule has 0 unspecified atom stereocenters. The van der Waals surface area contributed by atoms with Gasteiger partial charge in [-0.15, -0.1) is 0 Å². The molecule has 0 aliphatic rings. The number of carbonyl (C=O) groups excluding carboxylic acids is 1. The van der Waals surface area contributed by atoms with Crippen molar-refractivity contribution in [2.45, 2.75) is 19.8 Å². The quantitative estimate of drug-likeness (QED) is 0.704. The number of nitrogens with one attached hydrogen (secondary N) is 2. The molecule has 3 N–H and O–H groups in total. The largest absolute Gasteiger partial charge is 0.481 e. The molecule has 2 amide bonds. The molecule has 122 valence electrons. The lowest BCUT2D eigenvalue weighted by Crippen LogP contribution is -2.30. The summed E-state index contributed by atoms with van der Waals surface area (Å²) >= 11 is 0. The van der Waals surface area contributed by atoms with Crippen LogP contribution in [0.4, 0.5) is 10.6 Å². The lowest BCUT2D eigenvalue weighted by Gasteiger charge is -2.09. The van der Waals surface area contributed by atoms with E-state index in [2.05, 4.69) is 20.7 Å². The Morgan fingerprint density at radius 1 is 1.35 bits per heavy atom. The van der Waals surface area contributed by atoms with Gasteiger partial charge in [0.2, 0.25) is 0 Å². The molecule has 0 atom stereocenters. The SMILES string of the molecule is Cc1nc(NC(=O)NCCCC(=O)O)ccc1-c1cnn(C)c1. The molecule has 0 saturated heterocycles. The molecule has 2 aromatic rings. The second-order valence-corrected chi connectivity index (χ2v) is 5.11. The van der Waals surface area contributed by atoms with Crippen LogP contribution in [0.1, 0.15) is 18.5 Å². The van der Waals surface area contributed by atoms with Gasteiger partial charge in [-0.2, -0.15) is 5.10 Å². The van der Waals surface area contributed by atoms with E-state index in [0.29, 0.717) is 18.8 Å². The average Bonchev–Trinajstić information content (AvgIpc) is 2.90. The molecule has 0 aliphatic heterocycles. The molecule has 0 saturated carbocycles. The Labute approximate surface area is 133 Å². The molecule has 23 heavy (non-hydrogen) atoms. The van der Waals surface area contributed by atoms with E-state index in [-0.39, 0.29) is 6.42 Å². The summed E-state index contributed by atoms with van der Waals surface area (Å²) in [5.41, 5.74) is 2.69. The zero-order valence-corrected chi connectivity index (χ0v) is 13.0. The van der Waals surface area contributed by atoms with E-state index in [9.17, 15) is 9.59 Å². The number of nitrogens with zero attached hydrogens (tertiary/aromatic N) is 3. The van der Waals surface area contributed by atoms with Gasteiger partial charge in [-0.1, -0.05) is 0 Å². The summed E-state index contributed by atoms with van der Waals surface area (Å²) in [4.78, 5) is 26.4. The molecular formula is C15H19N5O3. The number of carboxylic acids is 1. The molecule has 8 heteroatoms. The fourth-order valence-corrected chi connectivity index (χ4v) is 2.10. The number of carboxylic acid groups (broad SMARTS) is 1. The molecule has 8 nitrogen and oxygen atoms in total. The zero-order chi connectivity index (χ0) is 16.8. The predicted molar refractivity (Wildman–Crippen MR) is 85.1 cm³/mol. The number of hydrogen-bond donors (Lipinski definition) is 3. The van der Waals surface area contributed by atoms with Crippen molar-refractivity contribution in [1.29, 1.82) is 0 Å². The highest BCUT2D eigenvalue weighted by Crippen LogP contribution is 2.22. The highest BCUT2D eigenvalue weighted by molar-refractivity contribution is 5.88. The Hall–Kier alpha value is -2.90. The zero-order valence-electron chi connectivity index (χ0n) is 13.0. The number of aromatic nitrogens is 3. The van der Waals surface area contributed by atoms with Gasteiger partial charge in [-0.25, -0.2) is 9.78 Å². The van der Waals surface area contributed by atoms with Crippen LogP contribution in [0.3, 0.4) is 0 Å². The fraction of sp³-hybridized carbons (Fsp3) is 0.333. The average molecular weight is 317 g/mol. The minimum absolute atomic E-state index is 0.0252. The van der Waals surface area contributed by atoms with E-state index in [1.807, 2.05) is 26.2 Å². The van der Waals surface area contributed by atoms with E-state index in [4.69, 9.17) is 5.11 Å². The van der Waals surface area contributed by atoms with Gasteiger partial charge in [0, 0.05) is 43.0 Å². The van der Waals surface area contributed by atoms with Gasteiger partial charge in [-0.05, 0) is 25.5 Å². The maximum atomic E-state index is 11.7. The van der Waals surface area contributed by atoms with Crippen LogP contribution in [0.5, 0.6) is 0 Å². The number of pyridine rings is 1. The first-order valence-electron chi connectivity index (χ1n) is 7.19. The molecule has 0 bridgehead atoms. The Balaban J connectivity index is 1.92. The van der Waals surface area contributed by atoms with Crippen LogP contribution in [0, 0.1) is 6.92 Å². The lowest BCUT2D eigenvalue weighted by molar-refractivity contribution is -0.137. The van der Waals surface area contributed by atoms with E-state index in [1.54, 1.807) is 16.9 Å². The number of amides is 2. The molecule has 0 aliphatic carbocycles. The van der Waals surface area contributed by atoms with Crippen LogP contribution in [0.15, 0.2) is 24.5 Å². The summed E-state index contributed by atoms with van der Waals surface area (Å²) in [5.74, 6) is -0.443. The normalized spacial score (nSPS) is 10.3. The summed E-state index contributed by atoms with van der Waals surface area (Å²) in [5, 5.41) is 17.9. The summed E-state index contributed by atoms with van der Waals surface area (Å²) in [6.07, 6.45) is 4.06. The molecule has 2 heterocycles. The van der Waals surface area contributed by atoms with Gasteiger partial charge < -0.3 is 10.4 Å². The molecular weight excluding hydrogens is 298 g/mol. The van der Waals surface area contributed by atoms with Crippen molar-refractivity contribution in [1.82, 2.24) is 20.1 Å². The molecule has 2 rings (SSSR count). The highest BCUT2D eigenvalue weighted by Gasteiger charge is 2.08. The van der Waals surface area contributed by atoms with Gasteiger partial charge in [0.05, 0.1) is 6.20 Å². The van der Waals surface area contributed by atoms with Gasteiger partial charge in [0.25, 0.3) is 0 Å². The van der Waals surface area contributed by atoms with Crippen LogP contribution in [0.25, 0.3) is 11.1 Å². The van der Waals surface area contributed by atoms with Crippen molar-refractivity contribution in [3.8, 4) is 11.1 Å². The van der Waals surface area contributed by atoms with E-state index in [0.717, 1.165) is 16.8 Å². The van der Waals surface area contributed by atoms with Crippen molar-refractivity contribution in [2.75, 3.05) is 11.9 Å². The van der Waals surface area contributed by atoms with Crippen LogP contribution in [-0.2, 0) is 11.8 Å². The summed E-state index contributed by atoms with van der Waals surface area (Å²) in [6.45, 7) is 2.16. The van der Waals surface area contributed by atoms with Crippen LogP contribution >= 0.6 is 0 Å². The topological polar surface area (TPSA) is 109 Å². The third-order valence-corrected chi connectivity index (χ3v) is 3.20. The van der Waals surface area contributed by atoms with Crippen molar-refractivity contribution in [3.05, 3.63) is 30.2 Å². The predicted octanol–water partition coefficient (Wildman–Crippen LogP) is 1.78. The second-order valence-electron chi connectivity index (χ2n) is 5.11. The number of aliphatic carboxylic acids is 1. The Kier molecular flexibility index (Phi) is 5.29. The Morgan fingerprint density at radius 2 is 2.13 bits per heavy atom. The van der Waals surface area contributed by atoms with Gasteiger partial charge in [0.15, 0.2) is 0 Å². The highest BCUT2D eigenvalue weighted by atomic mass is 16.4. The first-order valence-corrected chi connectivity index (χ1v) is 7.19. The smallest absolute Gasteiger partial charge is 0.320 e. The van der Waals surface area contributed by atoms with Crippen molar-refractivity contribution in [3.63, 3.8) is 0 Å². The third kappa shape index (κ3) is 4.80. The number of carbonyl (C=O) groups is 2. The first kappa shape index (κ1) is 16.5. The Bertz CT molecular complexity index is 711. The van der Waals surface area contributed by atoms with Gasteiger partial charge in [0.1, 0.15) is 5.82 Å². The lowest BCUT2D eigenvalue weighted by atomic mass is 10.1. The molecule has 0 aromatic carbocycles. The molecule has 0 radical (unpaired) electrons. The second kappa shape index (κ2) is 7.39. The Morgan fingerprint density at radius 3 is 2.74 bits per heavy atom. The van der Waals surface area contributed by atoms with Gasteiger partial charge >= 0.3 is 12.0 Å². The van der Waals surface area contributed by atoms with Crippen LogP contribution < -0.4 is 10.6 Å². The third-order valence-electron chi connectivity index (χ3n) is 3.20. The van der Waals surface area contributed by atoms with Crippen LogP contribution in [-0.4, -0.2) is 38.4 Å². The first-order chi connectivity index (χ1) is 11.0. The van der Waals surface area contributed by atoms with Crippen molar-refractivity contribution in [2.24, 2.45) is 7.05 Å². The van der Waals surface area contributed by atoms with Crippen molar-refractivity contribution < 1.29 is 14.7 Å². The standard InChI is InChI=1S/C15H19N5O3/c1-10-12(11-8-17-20(2)9-11)5-6-13(18-10)19-15(23)16-7-3-4-14(21)22/h5-6,8-9H,3-4,7H2,1-2H3,(H,21,22)(H2,16,18,19,23). The monoisotopic (exact) mass is 317 g/mol. The summed E-state index contributed by atoms with van der Waals surface area (Å²) < 4.78 is 1.71. The minimum atomic E-state index is -0.879. The summed E-state index contributed by atoms with van der Waals surface area (Å²) in [7, 11) is 1.84. The van der Waals surface area contributed by atoms with Crippen molar-refractivity contribution >= 4 is 17.8 Å². The van der Waals surface area contributed by atoms with Crippen LogP contribution in [0.2, 0.25) is 0 Å². The number of rotatable bonds is 6.